The predicted octanol–water partition coefficient (Wildman–Crippen LogP) is 2.49. The van der Waals surface area contributed by atoms with E-state index in [9.17, 15) is 4.79 Å². The van der Waals surface area contributed by atoms with Gasteiger partial charge in [0.2, 0.25) is 0 Å². The second-order valence-corrected chi connectivity index (χ2v) is 4.15. The third-order valence-electron chi connectivity index (χ3n) is 2.42. The van der Waals surface area contributed by atoms with Crippen molar-refractivity contribution in [2.75, 3.05) is 0 Å². The molecule has 2 atom stereocenters. The van der Waals surface area contributed by atoms with E-state index < -0.39 is 5.60 Å². The first-order valence-corrected chi connectivity index (χ1v) is 4.82. The minimum Gasteiger partial charge on any atom is -0.458 e. The normalized spacial score (nSPS) is 36.1. The third-order valence-corrected chi connectivity index (χ3v) is 3.10. The van der Waals surface area contributed by atoms with E-state index in [4.69, 9.17) is 16.3 Å². The fraction of sp³-hybridized carbons (Fsp3) is 0.889. The van der Waals surface area contributed by atoms with Crippen LogP contribution in [0.15, 0.2) is 0 Å². The number of halogens is 1. The monoisotopic (exact) mass is 190 g/mol. The van der Waals surface area contributed by atoms with E-state index in [2.05, 4.69) is 0 Å². The average Bonchev–Trinajstić information content (AvgIpc) is 1.94. The molecule has 3 heteroatoms. The minimum atomic E-state index is -0.425. The molecule has 12 heavy (non-hydrogen) atoms. The van der Waals surface area contributed by atoms with E-state index in [-0.39, 0.29) is 11.3 Å². The summed E-state index contributed by atoms with van der Waals surface area (Å²) in [6.45, 7) is 3.36. The van der Waals surface area contributed by atoms with Gasteiger partial charge in [0, 0.05) is 6.92 Å². The second-order valence-electron chi connectivity index (χ2n) is 3.62. The van der Waals surface area contributed by atoms with Crippen LogP contribution in [0.1, 0.15) is 39.5 Å². The SMILES string of the molecule is CC(=O)O[C@@]1(C)CCCC[C@H]1Cl. The minimum absolute atomic E-state index is 0.0184. The van der Waals surface area contributed by atoms with Crippen LogP contribution < -0.4 is 0 Å². The molecule has 1 saturated carbocycles. The molecule has 0 saturated heterocycles. The van der Waals surface area contributed by atoms with Gasteiger partial charge in [0.25, 0.3) is 0 Å². The Morgan fingerprint density at radius 1 is 1.58 bits per heavy atom. The van der Waals surface area contributed by atoms with Crippen LogP contribution >= 0.6 is 11.6 Å². The number of esters is 1. The zero-order valence-corrected chi connectivity index (χ0v) is 8.36. The van der Waals surface area contributed by atoms with Crippen molar-refractivity contribution < 1.29 is 9.53 Å². The Morgan fingerprint density at radius 3 is 2.75 bits per heavy atom. The molecule has 0 aliphatic heterocycles. The number of carbonyl (C=O) groups excluding carboxylic acids is 1. The quantitative estimate of drug-likeness (QED) is 0.469. The number of rotatable bonds is 1. The Labute approximate surface area is 78.2 Å². The van der Waals surface area contributed by atoms with Crippen LogP contribution in [-0.4, -0.2) is 16.9 Å². The Hall–Kier alpha value is -0.240. The van der Waals surface area contributed by atoms with E-state index in [0.717, 1.165) is 25.7 Å². The first-order valence-electron chi connectivity index (χ1n) is 4.38. The second kappa shape index (κ2) is 3.65. The van der Waals surface area contributed by atoms with E-state index in [1.807, 2.05) is 6.92 Å². The summed E-state index contributed by atoms with van der Waals surface area (Å²) in [4.78, 5) is 10.8. The smallest absolute Gasteiger partial charge is 0.303 e. The van der Waals surface area contributed by atoms with Crippen molar-refractivity contribution >= 4 is 17.6 Å². The molecule has 0 unspecified atom stereocenters. The van der Waals surface area contributed by atoms with Crippen molar-refractivity contribution in [2.24, 2.45) is 0 Å². The maximum Gasteiger partial charge on any atom is 0.303 e. The van der Waals surface area contributed by atoms with E-state index in [0.29, 0.717) is 0 Å². The van der Waals surface area contributed by atoms with Gasteiger partial charge < -0.3 is 4.74 Å². The number of carbonyl (C=O) groups is 1. The van der Waals surface area contributed by atoms with Gasteiger partial charge in [0.15, 0.2) is 0 Å². The highest BCUT2D eigenvalue weighted by Crippen LogP contribution is 2.35. The summed E-state index contributed by atoms with van der Waals surface area (Å²) in [6.07, 6.45) is 4.09. The average molecular weight is 191 g/mol. The maximum absolute atomic E-state index is 10.8. The summed E-state index contributed by atoms with van der Waals surface area (Å²) in [7, 11) is 0. The van der Waals surface area contributed by atoms with Gasteiger partial charge in [0.05, 0.1) is 5.38 Å². The number of alkyl halides is 1. The zero-order chi connectivity index (χ0) is 9.19. The van der Waals surface area contributed by atoms with Gasteiger partial charge >= 0.3 is 5.97 Å². The van der Waals surface area contributed by atoms with E-state index >= 15 is 0 Å². The molecular formula is C9H15ClO2. The van der Waals surface area contributed by atoms with Crippen molar-refractivity contribution in [3.63, 3.8) is 0 Å². The zero-order valence-electron chi connectivity index (χ0n) is 7.60. The van der Waals surface area contributed by atoms with Crippen LogP contribution in [0.2, 0.25) is 0 Å². The molecule has 0 amide bonds. The molecule has 0 radical (unpaired) electrons. The van der Waals surface area contributed by atoms with Crippen LogP contribution in [-0.2, 0) is 9.53 Å². The van der Waals surface area contributed by atoms with Crippen molar-refractivity contribution in [2.45, 2.75) is 50.5 Å². The molecule has 1 aliphatic carbocycles. The number of ether oxygens (including phenoxy) is 1. The fourth-order valence-corrected chi connectivity index (χ4v) is 2.01. The molecule has 0 aromatic heterocycles. The highest BCUT2D eigenvalue weighted by atomic mass is 35.5. The van der Waals surface area contributed by atoms with Gasteiger partial charge in [-0.3, -0.25) is 4.79 Å². The first kappa shape index (κ1) is 9.85. The Bertz CT molecular complexity index is 181. The van der Waals surface area contributed by atoms with Crippen molar-refractivity contribution in [3.8, 4) is 0 Å². The highest BCUT2D eigenvalue weighted by Gasteiger charge is 2.38. The Balaban J connectivity index is 2.59. The standard InChI is InChI=1S/C9H15ClO2/c1-7(11)12-9(2)6-4-3-5-8(9)10/h8H,3-6H2,1-2H3/t8-,9+/m1/s1. The van der Waals surface area contributed by atoms with Gasteiger partial charge in [-0.05, 0) is 26.2 Å². The molecular weight excluding hydrogens is 176 g/mol. The lowest BCUT2D eigenvalue weighted by Gasteiger charge is -2.37. The molecule has 70 valence electrons. The van der Waals surface area contributed by atoms with Crippen LogP contribution in [0.25, 0.3) is 0 Å². The molecule has 1 aliphatic rings. The summed E-state index contributed by atoms with van der Waals surface area (Å²) in [5.74, 6) is -0.231. The molecule has 0 heterocycles. The van der Waals surface area contributed by atoms with Crippen molar-refractivity contribution in [3.05, 3.63) is 0 Å². The molecule has 2 nitrogen and oxygen atoms in total. The molecule has 1 rings (SSSR count). The van der Waals surface area contributed by atoms with Gasteiger partial charge in [-0.1, -0.05) is 6.42 Å². The van der Waals surface area contributed by atoms with E-state index in [1.165, 1.54) is 6.92 Å². The van der Waals surface area contributed by atoms with Crippen LogP contribution in [0.4, 0.5) is 0 Å². The molecule has 0 aromatic carbocycles. The van der Waals surface area contributed by atoms with E-state index in [1.54, 1.807) is 0 Å². The number of hydrogen-bond acceptors (Lipinski definition) is 2. The number of hydrogen-bond donors (Lipinski definition) is 0. The lowest BCUT2D eigenvalue weighted by molar-refractivity contribution is -0.157. The lowest BCUT2D eigenvalue weighted by atomic mass is 9.86. The summed E-state index contributed by atoms with van der Waals surface area (Å²) in [5.41, 5.74) is -0.425. The Kier molecular flexibility index (Phi) is 2.99. The molecule has 0 bridgehead atoms. The van der Waals surface area contributed by atoms with Gasteiger partial charge in [-0.15, -0.1) is 11.6 Å². The largest absolute Gasteiger partial charge is 0.458 e. The van der Waals surface area contributed by atoms with Gasteiger partial charge in [0.1, 0.15) is 5.60 Å². The Morgan fingerprint density at radius 2 is 2.25 bits per heavy atom. The predicted molar refractivity (Wildman–Crippen MR) is 48.3 cm³/mol. The van der Waals surface area contributed by atoms with Crippen LogP contribution in [0.5, 0.6) is 0 Å². The lowest BCUT2D eigenvalue weighted by Crippen LogP contribution is -2.42. The summed E-state index contributed by atoms with van der Waals surface area (Å²) >= 11 is 6.09. The van der Waals surface area contributed by atoms with Crippen LogP contribution in [0, 0.1) is 0 Å². The van der Waals surface area contributed by atoms with Gasteiger partial charge in [-0.2, -0.15) is 0 Å². The maximum atomic E-state index is 10.8. The van der Waals surface area contributed by atoms with Crippen molar-refractivity contribution in [1.29, 1.82) is 0 Å². The topological polar surface area (TPSA) is 26.3 Å². The molecule has 1 fully saturated rings. The molecule has 0 spiro atoms. The van der Waals surface area contributed by atoms with Crippen molar-refractivity contribution in [1.82, 2.24) is 0 Å². The highest BCUT2D eigenvalue weighted by molar-refractivity contribution is 6.21. The molecule has 0 aromatic rings. The summed E-state index contributed by atoms with van der Waals surface area (Å²) < 4.78 is 5.22. The fourth-order valence-electron chi connectivity index (χ4n) is 1.70. The van der Waals surface area contributed by atoms with Gasteiger partial charge in [-0.25, -0.2) is 0 Å². The summed E-state index contributed by atoms with van der Waals surface area (Å²) in [6, 6.07) is 0. The first-order chi connectivity index (χ1) is 5.54. The third kappa shape index (κ3) is 2.13. The van der Waals surface area contributed by atoms with Crippen LogP contribution in [0.3, 0.4) is 0 Å². The summed E-state index contributed by atoms with van der Waals surface area (Å²) in [5, 5.41) is -0.0184. The molecule has 0 N–H and O–H groups in total.